The van der Waals surface area contributed by atoms with Gasteiger partial charge in [0.15, 0.2) is 0 Å². The van der Waals surface area contributed by atoms with Crippen LogP contribution in [0.25, 0.3) is 0 Å². The van der Waals surface area contributed by atoms with Crippen molar-refractivity contribution in [3.05, 3.63) is 65.7 Å². The number of nitrogens with one attached hydrogen (secondary N) is 1. The second-order valence-corrected chi connectivity index (χ2v) is 6.05. The van der Waals surface area contributed by atoms with Crippen molar-refractivity contribution in [2.75, 3.05) is 6.61 Å². The summed E-state index contributed by atoms with van der Waals surface area (Å²) >= 11 is 0. The van der Waals surface area contributed by atoms with Gasteiger partial charge in [-0.3, -0.25) is 4.79 Å². The van der Waals surface area contributed by atoms with E-state index in [1.165, 1.54) is 0 Å². The molecule has 0 heterocycles. The summed E-state index contributed by atoms with van der Waals surface area (Å²) in [6.07, 6.45) is 0.838. The minimum Gasteiger partial charge on any atom is -0.492 e. The number of rotatable bonds is 7. The Kier molecular flexibility index (Phi) is 6.21. The van der Waals surface area contributed by atoms with Crippen molar-refractivity contribution in [1.29, 1.82) is 0 Å². The highest BCUT2D eigenvalue weighted by Crippen LogP contribution is 2.21. The van der Waals surface area contributed by atoms with Crippen molar-refractivity contribution >= 4 is 5.91 Å². The fraction of sp³-hybridized carbons (Fsp3) is 0.350. The molecule has 2 aromatic carbocycles. The van der Waals surface area contributed by atoms with E-state index in [1.807, 2.05) is 54.6 Å². The van der Waals surface area contributed by atoms with Crippen molar-refractivity contribution in [2.45, 2.75) is 33.2 Å². The first kappa shape index (κ1) is 17.1. The molecule has 0 aliphatic carbocycles. The predicted octanol–water partition coefficient (Wildman–Crippen LogP) is 4.60. The van der Waals surface area contributed by atoms with Crippen LogP contribution in [0.5, 0.6) is 5.75 Å². The Hall–Kier alpha value is -2.29. The largest absolute Gasteiger partial charge is 0.492 e. The van der Waals surface area contributed by atoms with Crippen LogP contribution in [0.3, 0.4) is 0 Å². The van der Waals surface area contributed by atoms with Crippen molar-refractivity contribution in [3.8, 4) is 5.75 Å². The molecule has 0 radical (unpaired) electrons. The highest BCUT2D eigenvalue weighted by atomic mass is 16.5. The lowest BCUT2D eigenvalue weighted by atomic mass is 10.0. The van der Waals surface area contributed by atoms with Gasteiger partial charge in [0.1, 0.15) is 5.75 Å². The first-order valence-electron chi connectivity index (χ1n) is 8.19. The second-order valence-electron chi connectivity index (χ2n) is 6.05. The lowest BCUT2D eigenvalue weighted by Gasteiger charge is -2.19. The van der Waals surface area contributed by atoms with Crippen LogP contribution in [-0.2, 0) is 0 Å². The third-order valence-electron chi connectivity index (χ3n) is 3.62. The molecule has 0 spiro atoms. The van der Waals surface area contributed by atoms with E-state index in [2.05, 4.69) is 26.1 Å². The zero-order valence-electron chi connectivity index (χ0n) is 14.1. The van der Waals surface area contributed by atoms with Crippen LogP contribution in [0.2, 0.25) is 0 Å². The maximum Gasteiger partial charge on any atom is 0.255 e. The number of para-hydroxylation sites is 1. The molecular weight excluding hydrogens is 286 g/mol. The molecule has 0 fully saturated rings. The summed E-state index contributed by atoms with van der Waals surface area (Å²) in [6.45, 7) is 6.84. The SMILES string of the molecule is CCC(NC(=O)c1ccccc1OCC(C)C)c1ccccc1. The van der Waals surface area contributed by atoms with Crippen LogP contribution in [-0.4, -0.2) is 12.5 Å². The lowest BCUT2D eigenvalue weighted by molar-refractivity contribution is 0.0930. The van der Waals surface area contributed by atoms with E-state index < -0.39 is 0 Å². The van der Waals surface area contributed by atoms with Gasteiger partial charge in [0.25, 0.3) is 5.91 Å². The Bertz CT molecular complexity index is 623. The zero-order chi connectivity index (χ0) is 16.7. The van der Waals surface area contributed by atoms with E-state index in [4.69, 9.17) is 4.74 Å². The van der Waals surface area contributed by atoms with Gasteiger partial charge in [-0.2, -0.15) is 0 Å². The van der Waals surface area contributed by atoms with Gasteiger partial charge in [0, 0.05) is 0 Å². The molecule has 1 atom stereocenters. The number of carbonyl (C=O) groups excluding carboxylic acids is 1. The topological polar surface area (TPSA) is 38.3 Å². The Morgan fingerprint density at radius 1 is 1.04 bits per heavy atom. The molecule has 3 heteroatoms. The van der Waals surface area contributed by atoms with Crippen LogP contribution in [0.15, 0.2) is 54.6 Å². The second kappa shape index (κ2) is 8.37. The summed E-state index contributed by atoms with van der Waals surface area (Å²) in [6, 6.07) is 17.4. The Morgan fingerprint density at radius 2 is 1.70 bits per heavy atom. The molecule has 1 unspecified atom stereocenters. The summed E-state index contributed by atoms with van der Waals surface area (Å²) in [5, 5.41) is 3.11. The lowest BCUT2D eigenvalue weighted by Crippen LogP contribution is -2.28. The van der Waals surface area contributed by atoms with Crippen LogP contribution < -0.4 is 10.1 Å². The van der Waals surface area contributed by atoms with E-state index in [0.717, 1.165) is 12.0 Å². The normalized spacial score (nSPS) is 12.0. The van der Waals surface area contributed by atoms with Gasteiger partial charge in [0.05, 0.1) is 18.2 Å². The Balaban J connectivity index is 2.13. The quantitative estimate of drug-likeness (QED) is 0.811. The highest BCUT2D eigenvalue weighted by molar-refractivity contribution is 5.97. The summed E-state index contributed by atoms with van der Waals surface area (Å²) in [5.41, 5.74) is 1.70. The van der Waals surface area contributed by atoms with Gasteiger partial charge in [-0.25, -0.2) is 0 Å². The van der Waals surface area contributed by atoms with E-state index >= 15 is 0 Å². The molecule has 122 valence electrons. The summed E-state index contributed by atoms with van der Waals surface area (Å²) in [7, 11) is 0. The minimum atomic E-state index is -0.0972. The first-order valence-corrected chi connectivity index (χ1v) is 8.19. The molecule has 1 amide bonds. The number of hydrogen-bond donors (Lipinski definition) is 1. The zero-order valence-corrected chi connectivity index (χ0v) is 14.1. The molecule has 1 N–H and O–H groups in total. The van der Waals surface area contributed by atoms with E-state index in [9.17, 15) is 4.79 Å². The molecule has 0 bridgehead atoms. The maximum atomic E-state index is 12.7. The summed E-state index contributed by atoms with van der Waals surface area (Å²) < 4.78 is 5.78. The third-order valence-corrected chi connectivity index (χ3v) is 3.62. The van der Waals surface area contributed by atoms with Gasteiger partial charge >= 0.3 is 0 Å². The van der Waals surface area contributed by atoms with Crippen molar-refractivity contribution in [1.82, 2.24) is 5.32 Å². The molecule has 0 aliphatic rings. The molecule has 0 aromatic heterocycles. The van der Waals surface area contributed by atoms with Gasteiger partial charge in [0.2, 0.25) is 0 Å². The van der Waals surface area contributed by atoms with Crippen molar-refractivity contribution < 1.29 is 9.53 Å². The van der Waals surface area contributed by atoms with Crippen LogP contribution in [0.4, 0.5) is 0 Å². The van der Waals surface area contributed by atoms with E-state index in [0.29, 0.717) is 23.8 Å². The number of amides is 1. The highest BCUT2D eigenvalue weighted by Gasteiger charge is 2.17. The average molecular weight is 311 g/mol. The predicted molar refractivity (Wildman–Crippen MR) is 93.7 cm³/mol. The fourth-order valence-electron chi connectivity index (χ4n) is 2.38. The standard InChI is InChI=1S/C20H25NO2/c1-4-18(16-10-6-5-7-11-16)21-20(22)17-12-8-9-13-19(17)23-14-15(2)3/h5-13,15,18H,4,14H2,1-3H3,(H,21,22). The smallest absolute Gasteiger partial charge is 0.255 e. The number of hydrogen-bond acceptors (Lipinski definition) is 2. The van der Waals surface area contributed by atoms with Gasteiger partial charge in [-0.1, -0.05) is 63.2 Å². The van der Waals surface area contributed by atoms with Crippen molar-refractivity contribution in [2.24, 2.45) is 5.92 Å². The molecular formula is C20H25NO2. The number of ether oxygens (including phenoxy) is 1. The maximum absolute atomic E-state index is 12.7. The summed E-state index contributed by atoms with van der Waals surface area (Å²) in [4.78, 5) is 12.7. The summed E-state index contributed by atoms with van der Waals surface area (Å²) in [5.74, 6) is 0.959. The molecule has 0 saturated heterocycles. The Labute approximate surface area is 138 Å². The Morgan fingerprint density at radius 3 is 2.35 bits per heavy atom. The minimum absolute atomic E-state index is 0.00172. The molecule has 23 heavy (non-hydrogen) atoms. The van der Waals surface area contributed by atoms with Crippen LogP contribution >= 0.6 is 0 Å². The van der Waals surface area contributed by atoms with Crippen LogP contribution in [0.1, 0.15) is 49.2 Å². The average Bonchev–Trinajstić information content (AvgIpc) is 2.58. The fourth-order valence-corrected chi connectivity index (χ4v) is 2.38. The molecule has 2 aromatic rings. The monoisotopic (exact) mass is 311 g/mol. The number of benzene rings is 2. The van der Waals surface area contributed by atoms with E-state index in [1.54, 1.807) is 0 Å². The van der Waals surface area contributed by atoms with Gasteiger partial charge < -0.3 is 10.1 Å². The molecule has 2 rings (SSSR count). The number of carbonyl (C=O) groups is 1. The van der Waals surface area contributed by atoms with Gasteiger partial charge in [-0.15, -0.1) is 0 Å². The van der Waals surface area contributed by atoms with Crippen molar-refractivity contribution in [3.63, 3.8) is 0 Å². The molecule has 0 saturated carbocycles. The third kappa shape index (κ3) is 4.85. The molecule has 3 nitrogen and oxygen atoms in total. The van der Waals surface area contributed by atoms with E-state index in [-0.39, 0.29) is 11.9 Å². The van der Waals surface area contributed by atoms with Gasteiger partial charge in [-0.05, 0) is 30.0 Å². The first-order chi connectivity index (χ1) is 11.1. The molecule has 0 aliphatic heterocycles. The van der Waals surface area contributed by atoms with Crippen LogP contribution in [0, 0.1) is 5.92 Å².